The van der Waals surface area contributed by atoms with Gasteiger partial charge in [0.05, 0.1) is 36.8 Å². The highest BCUT2D eigenvalue weighted by Gasteiger charge is 2.42. The van der Waals surface area contributed by atoms with Crippen molar-refractivity contribution in [2.45, 2.75) is 51.7 Å². The molecule has 12 heteroatoms. The van der Waals surface area contributed by atoms with Gasteiger partial charge < -0.3 is 24.7 Å². The summed E-state index contributed by atoms with van der Waals surface area (Å²) >= 11 is 1.85. The van der Waals surface area contributed by atoms with E-state index in [0.29, 0.717) is 47.4 Å². The summed E-state index contributed by atoms with van der Waals surface area (Å²) < 4.78 is 13.0. The van der Waals surface area contributed by atoms with Gasteiger partial charge in [-0.3, -0.25) is 14.3 Å². The Hall–Kier alpha value is -3.82. The maximum atomic E-state index is 13.1. The van der Waals surface area contributed by atoms with E-state index in [2.05, 4.69) is 16.4 Å². The fourth-order valence-corrected chi connectivity index (χ4v) is 6.35. The van der Waals surface area contributed by atoms with Crippen LogP contribution in [0.2, 0.25) is 0 Å². The van der Waals surface area contributed by atoms with Gasteiger partial charge in [0, 0.05) is 42.0 Å². The third-order valence-electron chi connectivity index (χ3n) is 7.73. The number of nitriles is 1. The molecule has 1 aromatic carbocycles. The monoisotopic (exact) mass is 592 g/mol. The van der Waals surface area contributed by atoms with Crippen LogP contribution in [0.3, 0.4) is 0 Å². The van der Waals surface area contributed by atoms with Gasteiger partial charge in [-0.05, 0) is 55.5 Å². The van der Waals surface area contributed by atoms with Crippen LogP contribution in [0.5, 0.6) is 0 Å². The molecule has 2 saturated heterocycles. The van der Waals surface area contributed by atoms with Gasteiger partial charge in [0.15, 0.2) is 11.9 Å². The van der Waals surface area contributed by atoms with Gasteiger partial charge in [-0.25, -0.2) is 4.79 Å². The Balaban J connectivity index is 1.43. The number of amides is 1. The minimum atomic E-state index is -0.880. The van der Waals surface area contributed by atoms with Crippen LogP contribution in [0.25, 0.3) is 10.9 Å². The Labute approximate surface area is 248 Å². The molecule has 0 radical (unpaired) electrons. The molecule has 0 aliphatic carbocycles. The third kappa shape index (κ3) is 6.03. The number of anilines is 2. The lowest BCUT2D eigenvalue weighted by Gasteiger charge is -2.38. The molecular weight excluding hydrogens is 556 g/mol. The van der Waals surface area contributed by atoms with Crippen molar-refractivity contribution in [3.8, 4) is 6.07 Å². The second-order valence-electron chi connectivity index (χ2n) is 11.3. The maximum Gasteiger partial charge on any atom is 0.335 e. The van der Waals surface area contributed by atoms with Crippen LogP contribution < -0.4 is 10.9 Å². The fourth-order valence-electron chi connectivity index (χ4n) is 5.45. The van der Waals surface area contributed by atoms with E-state index in [9.17, 15) is 19.6 Å². The maximum absolute atomic E-state index is 13.1. The van der Waals surface area contributed by atoms with Gasteiger partial charge in [0.2, 0.25) is 0 Å². The number of ether oxygens (including phenoxy) is 2. The van der Waals surface area contributed by atoms with Crippen LogP contribution >= 0.6 is 11.8 Å². The Morgan fingerprint density at radius 3 is 2.76 bits per heavy atom. The molecule has 2 aliphatic rings. The molecule has 5 rings (SSSR count). The summed E-state index contributed by atoms with van der Waals surface area (Å²) in [5, 5.41) is 18.2. The summed E-state index contributed by atoms with van der Waals surface area (Å²) in [4.78, 5) is 43.3. The van der Waals surface area contributed by atoms with Crippen molar-refractivity contribution in [1.82, 2.24) is 19.7 Å². The number of benzene rings is 1. The van der Waals surface area contributed by atoms with Crippen LogP contribution in [-0.4, -0.2) is 75.5 Å². The van der Waals surface area contributed by atoms with Crippen molar-refractivity contribution in [2.75, 3.05) is 43.1 Å². The van der Waals surface area contributed by atoms with E-state index in [-0.39, 0.29) is 30.4 Å². The fraction of sp³-hybridized carbons (Fsp3) is 0.500. The number of carbonyl (C=O) groups excluding carboxylic acids is 2. The number of hydrogen-bond donors (Lipinski definition) is 2. The number of nitrogens with zero attached hydrogens (tertiary/aromatic N) is 4. The van der Waals surface area contributed by atoms with Crippen LogP contribution in [0.4, 0.5) is 11.5 Å². The van der Waals surface area contributed by atoms with Crippen LogP contribution in [0.1, 0.15) is 49.0 Å². The number of rotatable bonds is 8. The van der Waals surface area contributed by atoms with E-state index in [1.165, 1.54) is 0 Å². The third-order valence-corrected chi connectivity index (χ3v) is 8.67. The molecule has 2 unspecified atom stereocenters. The SMILES string of the molecule is Cc1cc(Nc2nn(C3(CC#N)CCC(C(=O)OCC(C)C)OC3)c3cc[nH]c(=O)c23)ccc1C(=O)N1CCSCC1. The molecule has 222 valence electrons. The van der Waals surface area contributed by atoms with Gasteiger partial charge in [-0.1, -0.05) is 13.8 Å². The zero-order valence-electron chi connectivity index (χ0n) is 24.1. The van der Waals surface area contributed by atoms with Crippen molar-refractivity contribution in [1.29, 1.82) is 5.26 Å². The minimum absolute atomic E-state index is 0.0210. The quantitative estimate of drug-likeness (QED) is 0.372. The summed E-state index contributed by atoms with van der Waals surface area (Å²) in [5.41, 5.74) is 1.48. The number of esters is 1. The normalized spacial score (nSPS) is 20.8. The lowest BCUT2D eigenvalue weighted by Crippen LogP contribution is -2.47. The van der Waals surface area contributed by atoms with Crippen molar-refractivity contribution in [2.24, 2.45) is 5.92 Å². The second kappa shape index (κ2) is 12.6. The molecule has 2 atom stereocenters. The molecule has 3 aromatic rings. The van der Waals surface area contributed by atoms with Gasteiger partial charge >= 0.3 is 5.97 Å². The van der Waals surface area contributed by atoms with Crippen molar-refractivity contribution < 1.29 is 19.1 Å². The summed E-state index contributed by atoms with van der Waals surface area (Å²) in [6.45, 7) is 7.68. The largest absolute Gasteiger partial charge is 0.463 e. The number of pyridine rings is 1. The number of H-pyrrole nitrogens is 1. The number of fused-ring (bicyclic) bond motifs is 1. The highest BCUT2D eigenvalue weighted by Crippen LogP contribution is 2.37. The number of aromatic amines is 1. The molecule has 1 amide bonds. The Morgan fingerprint density at radius 1 is 1.31 bits per heavy atom. The average molecular weight is 593 g/mol. The Bertz CT molecular complexity index is 1560. The standard InChI is InChI=1S/C30H36N6O5S/c1-19(2)17-40-29(39)24-6-8-30(9-10-31,18-41-24)36-23-7-11-32-27(37)25(23)26(34-36)33-21-4-5-22(20(3)16-21)28(38)35-12-14-42-15-13-35/h4-5,7,11,16,19,24H,6,8-9,12-15,17-18H2,1-3H3,(H,32,37)(H,33,34). The summed E-state index contributed by atoms with van der Waals surface area (Å²) in [6.07, 6.45) is 1.71. The first-order valence-electron chi connectivity index (χ1n) is 14.2. The summed E-state index contributed by atoms with van der Waals surface area (Å²) in [6, 6.07) is 9.48. The van der Waals surface area contributed by atoms with Crippen molar-refractivity contribution in [3.05, 3.63) is 51.9 Å². The van der Waals surface area contributed by atoms with Crippen LogP contribution in [-0.2, 0) is 19.8 Å². The zero-order chi connectivity index (χ0) is 29.9. The van der Waals surface area contributed by atoms with Gasteiger partial charge in [0.1, 0.15) is 5.39 Å². The number of carbonyl (C=O) groups is 2. The van der Waals surface area contributed by atoms with E-state index < -0.39 is 17.6 Å². The second-order valence-corrected chi connectivity index (χ2v) is 12.5. The molecule has 2 fully saturated rings. The Kier molecular flexibility index (Phi) is 8.89. The molecule has 4 heterocycles. The first kappa shape index (κ1) is 29.7. The number of nitrogens with one attached hydrogen (secondary N) is 2. The molecule has 2 N–H and O–H groups in total. The summed E-state index contributed by atoms with van der Waals surface area (Å²) in [7, 11) is 0. The highest BCUT2D eigenvalue weighted by molar-refractivity contribution is 7.99. The van der Waals surface area contributed by atoms with Crippen molar-refractivity contribution in [3.63, 3.8) is 0 Å². The lowest BCUT2D eigenvalue weighted by molar-refractivity contribution is -0.166. The van der Waals surface area contributed by atoms with Gasteiger partial charge in [-0.15, -0.1) is 0 Å². The smallest absolute Gasteiger partial charge is 0.335 e. The Morgan fingerprint density at radius 2 is 2.10 bits per heavy atom. The first-order valence-corrected chi connectivity index (χ1v) is 15.4. The molecule has 2 aliphatic heterocycles. The number of aromatic nitrogens is 3. The topological polar surface area (TPSA) is 142 Å². The van der Waals surface area contributed by atoms with E-state index in [4.69, 9.17) is 14.6 Å². The van der Waals surface area contributed by atoms with E-state index in [1.807, 2.05) is 49.6 Å². The van der Waals surface area contributed by atoms with Crippen molar-refractivity contribution >= 4 is 46.0 Å². The van der Waals surface area contributed by atoms with E-state index in [1.54, 1.807) is 23.0 Å². The first-order chi connectivity index (χ1) is 20.2. The lowest BCUT2D eigenvalue weighted by atomic mass is 9.87. The van der Waals surface area contributed by atoms with E-state index in [0.717, 1.165) is 30.2 Å². The minimum Gasteiger partial charge on any atom is -0.463 e. The molecule has 0 bridgehead atoms. The molecule has 11 nitrogen and oxygen atoms in total. The van der Waals surface area contributed by atoms with Gasteiger partial charge in [-0.2, -0.15) is 22.1 Å². The predicted octanol–water partition coefficient (Wildman–Crippen LogP) is 3.95. The van der Waals surface area contributed by atoms with E-state index >= 15 is 0 Å². The van der Waals surface area contributed by atoms with Crippen LogP contribution in [0.15, 0.2) is 35.3 Å². The van der Waals surface area contributed by atoms with Crippen LogP contribution in [0, 0.1) is 24.2 Å². The zero-order valence-corrected chi connectivity index (χ0v) is 25.0. The predicted molar refractivity (Wildman–Crippen MR) is 161 cm³/mol. The molecule has 0 spiro atoms. The molecule has 0 saturated carbocycles. The summed E-state index contributed by atoms with van der Waals surface area (Å²) in [5.74, 6) is 2.03. The molecular formula is C30H36N6O5S. The molecule has 42 heavy (non-hydrogen) atoms. The number of hydrogen-bond acceptors (Lipinski definition) is 9. The van der Waals surface area contributed by atoms with Gasteiger partial charge in [0.25, 0.3) is 11.5 Å². The number of aryl methyl sites for hydroxylation is 1. The highest BCUT2D eigenvalue weighted by atomic mass is 32.2. The average Bonchev–Trinajstić information content (AvgIpc) is 3.36. The molecule has 2 aromatic heterocycles. The number of thioether (sulfide) groups is 1.